The van der Waals surface area contributed by atoms with Crippen LogP contribution >= 0.6 is 23.2 Å². The number of anilines is 1. The summed E-state index contributed by atoms with van der Waals surface area (Å²) in [7, 11) is 1.59. The third-order valence-electron chi connectivity index (χ3n) is 2.53. The minimum atomic E-state index is -0.373. The lowest BCUT2D eigenvalue weighted by Gasteiger charge is -2.03. The van der Waals surface area contributed by atoms with Crippen molar-refractivity contribution in [3.05, 3.63) is 52.4 Å². The Morgan fingerprint density at radius 3 is 2.62 bits per heavy atom. The Hall–Kier alpha value is -2.11. The zero-order valence-electron chi connectivity index (χ0n) is 11.0. The van der Waals surface area contributed by atoms with Crippen molar-refractivity contribution in [3.8, 4) is 5.75 Å². The number of carbonyl (C=O) groups is 1. The summed E-state index contributed by atoms with van der Waals surface area (Å²) in [6.07, 6.45) is 4.25. The van der Waals surface area contributed by atoms with Crippen LogP contribution in [-0.2, 0) is 4.79 Å². The topological polar surface area (TPSA) is 64.1 Å². The first kappa shape index (κ1) is 15.3. The summed E-state index contributed by atoms with van der Waals surface area (Å²) >= 11 is 11.6. The molecule has 0 spiro atoms. The number of carbonyl (C=O) groups excluding carboxylic acids is 1. The lowest BCUT2D eigenvalue weighted by molar-refractivity contribution is -0.111. The van der Waals surface area contributed by atoms with E-state index in [2.05, 4.69) is 15.3 Å². The number of hydrogen-bond acceptors (Lipinski definition) is 4. The fourth-order valence-corrected chi connectivity index (χ4v) is 1.76. The van der Waals surface area contributed by atoms with E-state index in [0.29, 0.717) is 0 Å². The van der Waals surface area contributed by atoms with E-state index in [4.69, 9.17) is 27.9 Å². The molecule has 0 fully saturated rings. The van der Waals surface area contributed by atoms with Gasteiger partial charge in [0, 0.05) is 6.08 Å². The van der Waals surface area contributed by atoms with Gasteiger partial charge in [0.2, 0.25) is 5.91 Å². The third kappa shape index (κ3) is 4.18. The zero-order valence-corrected chi connectivity index (χ0v) is 12.5. The Morgan fingerprint density at radius 2 is 1.95 bits per heavy atom. The van der Waals surface area contributed by atoms with Crippen molar-refractivity contribution in [1.29, 1.82) is 0 Å². The number of rotatable bonds is 4. The quantitative estimate of drug-likeness (QED) is 0.691. The molecule has 2 aromatic rings. The van der Waals surface area contributed by atoms with Crippen LogP contribution in [0.1, 0.15) is 5.56 Å². The number of nitrogens with zero attached hydrogens (tertiary/aromatic N) is 2. The highest BCUT2D eigenvalue weighted by molar-refractivity contribution is 6.43. The van der Waals surface area contributed by atoms with Crippen molar-refractivity contribution < 1.29 is 9.53 Å². The number of benzene rings is 1. The maximum absolute atomic E-state index is 11.8. The summed E-state index contributed by atoms with van der Waals surface area (Å²) in [5.41, 5.74) is 0.859. The van der Waals surface area contributed by atoms with Crippen molar-refractivity contribution in [2.75, 3.05) is 12.4 Å². The van der Waals surface area contributed by atoms with Crippen molar-refractivity contribution in [3.63, 3.8) is 0 Å². The number of nitrogens with one attached hydrogen (secondary N) is 1. The number of halogens is 2. The Kier molecular flexibility index (Phi) is 5.14. The molecule has 1 heterocycles. The van der Waals surface area contributed by atoms with E-state index in [1.165, 1.54) is 12.4 Å². The molecule has 0 aliphatic heterocycles. The predicted molar refractivity (Wildman–Crippen MR) is 82.7 cm³/mol. The fraction of sp³-hybridized carbons (Fsp3) is 0.0714. The molecule has 0 radical (unpaired) electrons. The van der Waals surface area contributed by atoms with E-state index in [0.717, 1.165) is 11.3 Å². The number of ether oxygens (including phenoxy) is 1. The molecule has 7 heteroatoms. The van der Waals surface area contributed by atoms with Crippen LogP contribution in [0.2, 0.25) is 10.2 Å². The minimum absolute atomic E-state index is 0.0844. The molecule has 5 nitrogen and oxygen atoms in total. The van der Waals surface area contributed by atoms with E-state index in [1.807, 2.05) is 12.1 Å². The highest BCUT2D eigenvalue weighted by atomic mass is 35.5. The molecular formula is C14H11Cl2N3O2. The molecule has 0 aliphatic rings. The van der Waals surface area contributed by atoms with Gasteiger partial charge in [-0.25, -0.2) is 9.97 Å². The molecule has 1 aromatic carbocycles. The molecule has 1 aromatic heterocycles. The van der Waals surface area contributed by atoms with Crippen LogP contribution in [0.3, 0.4) is 0 Å². The Labute approximate surface area is 131 Å². The molecular weight excluding hydrogens is 313 g/mol. The third-order valence-corrected chi connectivity index (χ3v) is 3.27. The highest BCUT2D eigenvalue weighted by Gasteiger charge is 2.08. The van der Waals surface area contributed by atoms with Crippen LogP contribution in [-0.4, -0.2) is 23.0 Å². The van der Waals surface area contributed by atoms with Gasteiger partial charge in [0.05, 0.1) is 7.11 Å². The Bertz CT molecular complexity index is 672. The number of amides is 1. The summed E-state index contributed by atoms with van der Waals surface area (Å²) < 4.78 is 5.05. The summed E-state index contributed by atoms with van der Waals surface area (Å²) in [4.78, 5) is 19.3. The normalized spacial score (nSPS) is 10.6. The molecule has 1 amide bonds. The lowest BCUT2D eigenvalue weighted by Crippen LogP contribution is -2.10. The first-order valence-electron chi connectivity index (χ1n) is 5.89. The summed E-state index contributed by atoms with van der Waals surface area (Å²) in [6, 6.07) is 7.27. The summed E-state index contributed by atoms with van der Waals surface area (Å²) in [5.74, 6) is 0.544. The molecule has 21 heavy (non-hydrogen) atoms. The Balaban J connectivity index is 2.03. The first-order chi connectivity index (χ1) is 10.1. The van der Waals surface area contributed by atoms with Gasteiger partial charge in [-0.2, -0.15) is 0 Å². The molecule has 0 atom stereocenters. The van der Waals surface area contributed by atoms with Gasteiger partial charge in [-0.05, 0) is 23.8 Å². The second-order valence-corrected chi connectivity index (χ2v) is 4.66. The molecule has 2 rings (SSSR count). The molecule has 0 unspecified atom stereocenters. The smallest absolute Gasteiger partial charge is 0.249 e. The number of aromatic nitrogens is 2. The van der Waals surface area contributed by atoms with Gasteiger partial charge in [0.15, 0.2) is 11.0 Å². The van der Waals surface area contributed by atoms with E-state index in [1.54, 1.807) is 25.3 Å². The van der Waals surface area contributed by atoms with Crippen LogP contribution in [0.15, 0.2) is 36.7 Å². The van der Waals surface area contributed by atoms with Gasteiger partial charge in [-0.15, -0.1) is 0 Å². The van der Waals surface area contributed by atoms with Crippen LogP contribution in [0.5, 0.6) is 5.75 Å². The van der Waals surface area contributed by atoms with Crippen molar-refractivity contribution in [2.45, 2.75) is 0 Å². The summed E-state index contributed by atoms with van der Waals surface area (Å²) in [5, 5.41) is 2.71. The van der Waals surface area contributed by atoms with Gasteiger partial charge in [0.1, 0.15) is 17.1 Å². The zero-order chi connectivity index (χ0) is 15.2. The maximum atomic E-state index is 11.8. The molecule has 1 N–H and O–H groups in total. The van der Waals surface area contributed by atoms with Gasteiger partial charge < -0.3 is 10.1 Å². The lowest BCUT2D eigenvalue weighted by atomic mass is 10.2. The van der Waals surface area contributed by atoms with Gasteiger partial charge in [0.25, 0.3) is 0 Å². The second kappa shape index (κ2) is 7.06. The van der Waals surface area contributed by atoms with Gasteiger partial charge in [-0.3, -0.25) is 4.79 Å². The number of methoxy groups -OCH3 is 1. The average molecular weight is 324 g/mol. The molecule has 0 saturated carbocycles. The van der Waals surface area contributed by atoms with E-state index >= 15 is 0 Å². The maximum Gasteiger partial charge on any atom is 0.249 e. The largest absolute Gasteiger partial charge is 0.497 e. The summed E-state index contributed by atoms with van der Waals surface area (Å²) in [6.45, 7) is 0. The van der Waals surface area contributed by atoms with Crippen LogP contribution in [0, 0.1) is 0 Å². The van der Waals surface area contributed by atoms with Gasteiger partial charge >= 0.3 is 0 Å². The van der Waals surface area contributed by atoms with Crippen LogP contribution in [0.25, 0.3) is 6.08 Å². The Morgan fingerprint density at radius 1 is 1.24 bits per heavy atom. The average Bonchev–Trinajstić information content (AvgIpc) is 2.50. The van der Waals surface area contributed by atoms with E-state index < -0.39 is 0 Å². The van der Waals surface area contributed by atoms with Crippen molar-refractivity contribution in [2.24, 2.45) is 0 Å². The van der Waals surface area contributed by atoms with Crippen LogP contribution in [0.4, 0.5) is 5.82 Å². The monoisotopic (exact) mass is 323 g/mol. The fourth-order valence-electron chi connectivity index (χ4n) is 1.48. The first-order valence-corrected chi connectivity index (χ1v) is 6.65. The second-order valence-electron chi connectivity index (χ2n) is 3.92. The minimum Gasteiger partial charge on any atom is -0.497 e. The highest BCUT2D eigenvalue weighted by Crippen LogP contribution is 2.25. The van der Waals surface area contributed by atoms with E-state index in [9.17, 15) is 4.79 Å². The SMILES string of the molecule is COc1ccc(/C=C/C(=O)Nc2ncnc(Cl)c2Cl)cc1. The standard InChI is InChI=1S/C14H11Cl2N3O2/c1-21-10-5-2-9(3-6-10)4-7-11(20)19-14-12(15)13(16)17-8-18-14/h2-8H,1H3,(H,17,18,19,20)/b7-4+. The molecule has 0 saturated heterocycles. The van der Waals surface area contributed by atoms with Crippen molar-refractivity contribution >= 4 is 41.0 Å². The molecule has 0 bridgehead atoms. The molecule has 0 aliphatic carbocycles. The van der Waals surface area contributed by atoms with E-state index in [-0.39, 0.29) is 21.9 Å². The van der Waals surface area contributed by atoms with Crippen molar-refractivity contribution in [1.82, 2.24) is 9.97 Å². The van der Waals surface area contributed by atoms with Crippen LogP contribution < -0.4 is 10.1 Å². The number of hydrogen-bond donors (Lipinski definition) is 1. The predicted octanol–water partition coefficient (Wildman–Crippen LogP) is 3.44. The van der Waals surface area contributed by atoms with Gasteiger partial charge in [-0.1, -0.05) is 35.3 Å². The molecule has 108 valence electrons.